The second-order valence-corrected chi connectivity index (χ2v) is 16.2. The van der Waals surface area contributed by atoms with E-state index in [4.69, 9.17) is 0 Å². The number of carbonyl (C=O) groups excluding carboxylic acids is 1. The van der Waals surface area contributed by atoms with Gasteiger partial charge in [0, 0.05) is 31.7 Å². The molecule has 2 atom stereocenters. The minimum atomic E-state index is -3.77. The molecule has 14 heteroatoms. The van der Waals surface area contributed by atoms with Gasteiger partial charge in [-0.1, -0.05) is 86.0 Å². The molecule has 3 aromatic carbocycles. The summed E-state index contributed by atoms with van der Waals surface area (Å²) in [6, 6.07) is 22.9. The second-order valence-electron chi connectivity index (χ2n) is 14.3. The Balaban J connectivity index is 1.32. The van der Waals surface area contributed by atoms with E-state index in [2.05, 4.69) is 49.1 Å². The Bertz CT molecular complexity index is 2410. The van der Waals surface area contributed by atoms with E-state index in [-0.39, 0.29) is 24.3 Å². The molecular formula is C39H44N10O3S. The van der Waals surface area contributed by atoms with Gasteiger partial charge in [0.2, 0.25) is 15.9 Å². The molecule has 13 nitrogen and oxygen atoms in total. The fourth-order valence-electron chi connectivity index (χ4n) is 7.49. The maximum atomic E-state index is 14.5. The molecule has 0 spiro atoms. The van der Waals surface area contributed by atoms with Crippen LogP contribution in [-0.2, 0) is 34.3 Å². The first-order valence-electron chi connectivity index (χ1n) is 17.9. The van der Waals surface area contributed by atoms with Gasteiger partial charge in [-0.2, -0.15) is 8.99 Å². The number of carbonyl (C=O) groups is 1. The zero-order valence-corrected chi connectivity index (χ0v) is 31.7. The predicted octanol–water partition coefficient (Wildman–Crippen LogP) is 6.01. The van der Waals surface area contributed by atoms with E-state index in [0.717, 1.165) is 50.8 Å². The van der Waals surface area contributed by atoms with Crippen molar-refractivity contribution in [1.82, 2.24) is 44.5 Å². The molecule has 3 aromatic heterocycles. The first-order valence-corrected chi connectivity index (χ1v) is 19.4. The van der Waals surface area contributed by atoms with Crippen LogP contribution in [-0.4, -0.2) is 65.4 Å². The summed E-state index contributed by atoms with van der Waals surface area (Å²) in [6.07, 6.45) is 3.20. The molecule has 1 aliphatic heterocycles. The van der Waals surface area contributed by atoms with Crippen molar-refractivity contribution in [3.05, 3.63) is 112 Å². The van der Waals surface area contributed by atoms with Crippen LogP contribution < -0.4 is 5.32 Å². The van der Waals surface area contributed by atoms with Crippen LogP contribution in [0.3, 0.4) is 0 Å². The predicted molar refractivity (Wildman–Crippen MR) is 202 cm³/mol. The molecular weight excluding hydrogens is 689 g/mol. The van der Waals surface area contributed by atoms with Gasteiger partial charge in [-0.15, -0.1) is 5.10 Å². The molecule has 0 saturated heterocycles. The number of hydrogen-bond acceptors (Lipinski definition) is 9. The first kappa shape index (κ1) is 36.0. The standard InChI is InChI=1S/C39H44N10O3S/c1-7-27-21-28-13-9-10-14-33(28)53(51,52)47(23-27)24-30-22-29(17-16-25(30)3)35(31-18-19-32-36(26(31)4)42-45-48(32)8-2)39(5,6)37(50)41-38-43-44-46-49(38)34-15-11-12-20-40-34/h9-20,22,27,35H,7-8,21,23-24H2,1-6H3,(H,41,43,46,50)/t27-,35-/m0/s1. The molecule has 0 aliphatic carbocycles. The molecule has 0 unspecified atom stereocenters. The van der Waals surface area contributed by atoms with Crippen LogP contribution >= 0.6 is 0 Å². The lowest BCUT2D eigenvalue weighted by atomic mass is 9.69. The lowest BCUT2D eigenvalue weighted by Gasteiger charge is -2.35. The largest absolute Gasteiger partial charge is 0.293 e. The fourth-order valence-corrected chi connectivity index (χ4v) is 9.21. The van der Waals surface area contributed by atoms with Gasteiger partial charge < -0.3 is 0 Å². The summed E-state index contributed by atoms with van der Waals surface area (Å²) < 4.78 is 33.3. The third-order valence-corrected chi connectivity index (χ3v) is 12.6. The Labute approximate surface area is 309 Å². The Kier molecular flexibility index (Phi) is 9.68. The number of pyridine rings is 1. The molecule has 1 aliphatic rings. The topological polar surface area (TPSA) is 154 Å². The Morgan fingerprint density at radius 1 is 0.981 bits per heavy atom. The van der Waals surface area contributed by atoms with Gasteiger partial charge in [0.05, 0.1) is 15.8 Å². The van der Waals surface area contributed by atoms with Crippen LogP contribution in [0.1, 0.15) is 73.4 Å². The number of hydrogen-bond donors (Lipinski definition) is 1. The molecule has 0 bridgehead atoms. The van der Waals surface area contributed by atoms with E-state index >= 15 is 0 Å². The van der Waals surface area contributed by atoms with Crippen molar-refractivity contribution in [3.8, 4) is 5.82 Å². The molecule has 1 N–H and O–H groups in total. The number of aryl methyl sites for hydroxylation is 3. The molecule has 0 radical (unpaired) electrons. The van der Waals surface area contributed by atoms with Gasteiger partial charge in [0.1, 0.15) is 5.52 Å². The monoisotopic (exact) mass is 732 g/mol. The number of tetrazole rings is 1. The fraction of sp³-hybridized carbons (Fsp3) is 0.359. The summed E-state index contributed by atoms with van der Waals surface area (Å²) in [5.41, 5.74) is 5.95. The van der Waals surface area contributed by atoms with Crippen LogP contribution in [0.4, 0.5) is 5.95 Å². The van der Waals surface area contributed by atoms with E-state index in [1.807, 2.05) is 81.8 Å². The number of anilines is 1. The highest BCUT2D eigenvalue weighted by Crippen LogP contribution is 2.45. The Morgan fingerprint density at radius 2 is 1.77 bits per heavy atom. The van der Waals surface area contributed by atoms with Crippen LogP contribution in [0, 0.1) is 25.2 Å². The summed E-state index contributed by atoms with van der Waals surface area (Å²) in [7, 11) is -3.77. The molecule has 1 amide bonds. The van der Waals surface area contributed by atoms with E-state index in [0.29, 0.717) is 30.2 Å². The van der Waals surface area contributed by atoms with Crippen molar-refractivity contribution in [3.63, 3.8) is 0 Å². The molecule has 0 fully saturated rings. The molecule has 53 heavy (non-hydrogen) atoms. The smallest absolute Gasteiger partial charge is 0.255 e. The van der Waals surface area contributed by atoms with Gasteiger partial charge >= 0.3 is 0 Å². The number of amides is 1. The molecule has 6 aromatic rings. The normalized spacial score (nSPS) is 16.6. The maximum absolute atomic E-state index is 14.5. The van der Waals surface area contributed by atoms with Crippen LogP contribution in [0.25, 0.3) is 16.9 Å². The minimum absolute atomic E-state index is 0.139. The summed E-state index contributed by atoms with van der Waals surface area (Å²) in [5, 5.41) is 23.9. The number of sulfonamides is 1. The Hall–Kier alpha value is -5.34. The summed E-state index contributed by atoms with van der Waals surface area (Å²) in [5.74, 6) is -0.0314. The Morgan fingerprint density at radius 3 is 2.53 bits per heavy atom. The number of aromatic nitrogens is 8. The first-order chi connectivity index (χ1) is 25.4. The molecule has 0 saturated carbocycles. The second kappa shape index (κ2) is 14.2. The van der Waals surface area contributed by atoms with Gasteiger partial charge in [0.25, 0.3) is 5.95 Å². The highest BCUT2D eigenvalue weighted by atomic mass is 32.2. The number of fused-ring (bicyclic) bond motifs is 2. The number of nitrogens with one attached hydrogen (secondary N) is 1. The van der Waals surface area contributed by atoms with Gasteiger partial charge in [0.15, 0.2) is 5.82 Å². The third kappa shape index (κ3) is 6.61. The number of nitrogens with zero attached hydrogens (tertiary/aromatic N) is 9. The minimum Gasteiger partial charge on any atom is -0.293 e. The zero-order chi connectivity index (χ0) is 37.5. The molecule has 7 rings (SSSR count). The van der Waals surface area contributed by atoms with Crippen LogP contribution in [0.5, 0.6) is 0 Å². The van der Waals surface area contributed by atoms with E-state index in [1.54, 1.807) is 34.8 Å². The van der Waals surface area contributed by atoms with E-state index in [9.17, 15) is 13.2 Å². The summed E-state index contributed by atoms with van der Waals surface area (Å²) >= 11 is 0. The summed E-state index contributed by atoms with van der Waals surface area (Å²) in [4.78, 5) is 19.3. The van der Waals surface area contributed by atoms with Gasteiger partial charge in [-0.3, -0.25) is 10.1 Å². The van der Waals surface area contributed by atoms with Crippen molar-refractivity contribution in [2.24, 2.45) is 11.3 Å². The highest BCUT2D eigenvalue weighted by molar-refractivity contribution is 7.89. The number of rotatable bonds is 10. The average Bonchev–Trinajstić information content (AvgIpc) is 3.78. The quantitative estimate of drug-likeness (QED) is 0.178. The zero-order valence-electron chi connectivity index (χ0n) is 30.9. The highest BCUT2D eigenvalue weighted by Gasteiger charge is 2.41. The number of benzene rings is 3. The SMILES string of the molecule is CC[C@H]1Cc2ccccc2S(=O)(=O)N(Cc2cc([C@@H](c3ccc4c(nnn4CC)c3C)C(C)(C)C(=O)Nc3nnnn3-c3ccccn3)ccc2C)C1. The van der Waals surface area contributed by atoms with Crippen molar-refractivity contribution in [1.29, 1.82) is 0 Å². The average molecular weight is 733 g/mol. The third-order valence-electron chi connectivity index (χ3n) is 10.7. The van der Waals surface area contributed by atoms with Crippen molar-refractivity contribution in [2.75, 3.05) is 11.9 Å². The van der Waals surface area contributed by atoms with Crippen molar-refractivity contribution >= 4 is 32.9 Å². The lowest BCUT2D eigenvalue weighted by Crippen LogP contribution is -2.38. The van der Waals surface area contributed by atoms with Crippen molar-refractivity contribution in [2.45, 2.75) is 78.3 Å². The molecule has 274 valence electrons. The van der Waals surface area contributed by atoms with Crippen molar-refractivity contribution < 1.29 is 13.2 Å². The lowest BCUT2D eigenvalue weighted by molar-refractivity contribution is -0.124. The van der Waals surface area contributed by atoms with Gasteiger partial charge in [-0.05, 0) is 101 Å². The van der Waals surface area contributed by atoms with Crippen LogP contribution in [0.15, 0.2) is 83.9 Å². The molecule has 4 heterocycles. The maximum Gasteiger partial charge on any atom is 0.255 e. The van der Waals surface area contributed by atoms with Gasteiger partial charge in [-0.25, -0.2) is 18.1 Å². The van der Waals surface area contributed by atoms with Crippen LogP contribution in [0.2, 0.25) is 0 Å². The van der Waals surface area contributed by atoms with E-state index < -0.39 is 21.4 Å². The summed E-state index contributed by atoms with van der Waals surface area (Å²) in [6.45, 7) is 13.2. The van der Waals surface area contributed by atoms with E-state index in [1.165, 1.54) is 4.68 Å².